The molecule has 142 valence electrons. The Kier molecular flexibility index (Phi) is 6.08. The standard InChI is InChI=1S/C20H21ClFN3O2/c21-17-12-15(22)6-7-16(17)20(27)25-10-8-24(9-11-25)19(26)13-18(23)14-4-2-1-3-5-14/h1-7,12,18H,8-11,13,23H2. The molecule has 1 unspecified atom stereocenters. The molecule has 2 aromatic carbocycles. The largest absolute Gasteiger partial charge is 0.339 e. The van der Waals surface area contributed by atoms with Crippen molar-refractivity contribution in [2.45, 2.75) is 12.5 Å². The molecular weight excluding hydrogens is 369 g/mol. The molecule has 7 heteroatoms. The van der Waals surface area contributed by atoms with Crippen LogP contribution in [-0.4, -0.2) is 47.8 Å². The molecule has 1 heterocycles. The van der Waals surface area contributed by atoms with Crippen molar-refractivity contribution in [3.05, 3.63) is 70.5 Å². The predicted octanol–water partition coefficient (Wildman–Crippen LogP) is 2.85. The highest BCUT2D eigenvalue weighted by Crippen LogP contribution is 2.20. The minimum Gasteiger partial charge on any atom is -0.339 e. The summed E-state index contributed by atoms with van der Waals surface area (Å²) in [6.07, 6.45) is 0.224. The van der Waals surface area contributed by atoms with E-state index in [1.165, 1.54) is 12.1 Å². The van der Waals surface area contributed by atoms with Crippen molar-refractivity contribution < 1.29 is 14.0 Å². The SMILES string of the molecule is NC(CC(=O)N1CCN(C(=O)c2ccc(F)cc2Cl)CC1)c1ccccc1. The Bertz CT molecular complexity index is 823. The number of amides is 2. The molecule has 1 aliphatic rings. The Balaban J connectivity index is 1.55. The number of rotatable bonds is 4. The fourth-order valence-corrected chi connectivity index (χ4v) is 3.38. The van der Waals surface area contributed by atoms with Gasteiger partial charge in [0.05, 0.1) is 10.6 Å². The number of carbonyl (C=O) groups excluding carboxylic acids is 2. The summed E-state index contributed by atoms with van der Waals surface area (Å²) in [6.45, 7) is 1.67. The van der Waals surface area contributed by atoms with Gasteiger partial charge in [0.2, 0.25) is 5.91 Å². The number of hydrogen-bond acceptors (Lipinski definition) is 3. The highest BCUT2D eigenvalue weighted by atomic mass is 35.5. The Morgan fingerprint density at radius 1 is 1.04 bits per heavy atom. The van der Waals surface area contributed by atoms with Gasteiger partial charge in [-0.1, -0.05) is 41.9 Å². The number of benzene rings is 2. The molecule has 3 rings (SSSR count). The maximum Gasteiger partial charge on any atom is 0.255 e. The van der Waals surface area contributed by atoms with Crippen LogP contribution in [0.2, 0.25) is 5.02 Å². The van der Waals surface area contributed by atoms with Crippen LogP contribution in [0.4, 0.5) is 4.39 Å². The van der Waals surface area contributed by atoms with Gasteiger partial charge in [0.15, 0.2) is 0 Å². The van der Waals surface area contributed by atoms with E-state index in [4.69, 9.17) is 17.3 Å². The second-order valence-corrected chi connectivity index (χ2v) is 6.93. The lowest BCUT2D eigenvalue weighted by Gasteiger charge is -2.35. The van der Waals surface area contributed by atoms with Crippen LogP contribution < -0.4 is 5.73 Å². The normalized spacial score (nSPS) is 15.5. The molecule has 0 aromatic heterocycles. The first-order valence-corrected chi connectivity index (χ1v) is 9.16. The van der Waals surface area contributed by atoms with Crippen LogP contribution in [0, 0.1) is 5.82 Å². The molecule has 0 bridgehead atoms. The van der Waals surface area contributed by atoms with Crippen molar-refractivity contribution in [2.75, 3.05) is 26.2 Å². The topological polar surface area (TPSA) is 66.6 Å². The number of piperazine rings is 1. The van der Waals surface area contributed by atoms with Crippen LogP contribution in [0.15, 0.2) is 48.5 Å². The van der Waals surface area contributed by atoms with Gasteiger partial charge >= 0.3 is 0 Å². The maximum absolute atomic E-state index is 13.2. The minimum absolute atomic E-state index is 0.0294. The molecule has 0 spiro atoms. The lowest BCUT2D eigenvalue weighted by molar-refractivity contribution is -0.133. The zero-order chi connectivity index (χ0) is 19.4. The zero-order valence-electron chi connectivity index (χ0n) is 14.8. The molecule has 2 N–H and O–H groups in total. The lowest BCUT2D eigenvalue weighted by Crippen LogP contribution is -2.51. The molecule has 0 radical (unpaired) electrons. The fraction of sp³-hybridized carbons (Fsp3) is 0.300. The molecule has 5 nitrogen and oxygen atoms in total. The number of halogens is 2. The monoisotopic (exact) mass is 389 g/mol. The quantitative estimate of drug-likeness (QED) is 0.874. The average molecular weight is 390 g/mol. The minimum atomic E-state index is -0.485. The summed E-state index contributed by atoms with van der Waals surface area (Å²) in [4.78, 5) is 28.4. The van der Waals surface area contributed by atoms with Gasteiger partial charge in [0.1, 0.15) is 5.82 Å². The van der Waals surface area contributed by atoms with Gasteiger partial charge < -0.3 is 15.5 Å². The number of nitrogens with zero attached hydrogens (tertiary/aromatic N) is 2. The molecule has 1 aliphatic heterocycles. The molecule has 1 saturated heterocycles. The first-order valence-electron chi connectivity index (χ1n) is 8.78. The van der Waals surface area contributed by atoms with E-state index in [9.17, 15) is 14.0 Å². The van der Waals surface area contributed by atoms with Crippen molar-refractivity contribution in [1.29, 1.82) is 0 Å². The molecule has 0 aliphatic carbocycles. The van der Waals surface area contributed by atoms with Gasteiger partial charge in [-0.3, -0.25) is 9.59 Å². The van der Waals surface area contributed by atoms with Crippen molar-refractivity contribution in [3.8, 4) is 0 Å². The van der Waals surface area contributed by atoms with Gasteiger partial charge in [-0.15, -0.1) is 0 Å². The van der Waals surface area contributed by atoms with Gasteiger partial charge in [0.25, 0.3) is 5.91 Å². The Morgan fingerprint density at radius 3 is 2.30 bits per heavy atom. The van der Waals surface area contributed by atoms with Crippen LogP contribution in [0.1, 0.15) is 28.4 Å². The molecule has 2 aromatic rings. The second kappa shape index (κ2) is 8.50. The second-order valence-electron chi connectivity index (χ2n) is 6.52. The first-order chi connectivity index (χ1) is 13.0. The number of hydrogen-bond donors (Lipinski definition) is 1. The Morgan fingerprint density at radius 2 is 1.67 bits per heavy atom. The van der Waals surface area contributed by atoms with E-state index < -0.39 is 5.82 Å². The summed E-state index contributed by atoms with van der Waals surface area (Å²) in [7, 11) is 0. The van der Waals surface area contributed by atoms with Crippen molar-refractivity contribution in [2.24, 2.45) is 5.73 Å². The van der Waals surface area contributed by atoms with E-state index in [1.54, 1.807) is 9.80 Å². The maximum atomic E-state index is 13.2. The van der Waals surface area contributed by atoms with Gasteiger partial charge in [0, 0.05) is 38.6 Å². The van der Waals surface area contributed by atoms with Crippen LogP contribution in [0.3, 0.4) is 0 Å². The first kappa shape index (κ1) is 19.3. The summed E-state index contributed by atoms with van der Waals surface area (Å²) in [5.74, 6) is -0.770. The Labute approximate surface area is 162 Å². The number of nitrogens with two attached hydrogens (primary N) is 1. The third kappa shape index (κ3) is 4.64. The van der Waals surface area contributed by atoms with Crippen molar-refractivity contribution in [1.82, 2.24) is 9.80 Å². The van der Waals surface area contributed by atoms with Crippen molar-refractivity contribution in [3.63, 3.8) is 0 Å². The summed E-state index contributed by atoms with van der Waals surface area (Å²) >= 11 is 5.97. The van der Waals surface area contributed by atoms with Crippen molar-refractivity contribution >= 4 is 23.4 Å². The van der Waals surface area contributed by atoms with E-state index in [2.05, 4.69) is 0 Å². The predicted molar refractivity (Wildman–Crippen MR) is 102 cm³/mol. The van der Waals surface area contributed by atoms with Gasteiger partial charge in [-0.25, -0.2) is 4.39 Å². The lowest BCUT2D eigenvalue weighted by atomic mass is 10.0. The molecule has 27 heavy (non-hydrogen) atoms. The van der Waals surface area contributed by atoms with Gasteiger partial charge in [-0.05, 0) is 23.8 Å². The van der Waals surface area contributed by atoms with E-state index in [-0.39, 0.29) is 34.9 Å². The van der Waals surface area contributed by atoms with E-state index in [0.717, 1.165) is 11.6 Å². The van der Waals surface area contributed by atoms with E-state index in [1.807, 2.05) is 30.3 Å². The highest BCUT2D eigenvalue weighted by molar-refractivity contribution is 6.33. The molecule has 0 saturated carbocycles. The highest BCUT2D eigenvalue weighted by Gasteiger charge is 2.26. The third-order valence-corrected chi connectivity index (χ3v) is 5.02. The van der Waals surface area contributed by atoms with Crippen LogP contribution >= 0.6 is 11.6 Å². The fourth-order valence-electron chi connectivity index (χ4n) is 3.13. The Hall–Kier alpha value is -2.44. The summed E-state index contributed by atoms with van der Waals surface area (Å²) < 4.78 is 13.2. The molecule has 2 amide bonds. The summed E-state index contributed by atoms with van der Waals surface area (Å²) in [5.41, 5.74) is 7.32. The van der Waals surface area contributed by atoms with Crippen LogP contribution in [0.25, 0.3) is 0 Å². The zero-order valence-corrected chi connectivity index (χ0v) is 15.5. The molecule has 1 atom stereocenters. The number of carbonyl (C=O) groups is 2. The molecular formula is C20H21ClFN3O2. The average Bonchev–Trinajstić information content (AvgIpc) is 2.68. The summed E-state index contributed by atoms with van der Waals surface area (Å²) in [5, 5.41) is 0.0901. The third-order valence-electron chi connectivity index (χ3n) is 4.70. The van der Waals surface area contributed by atoms with Gasteiger partial charge in [-0.2, -0.15) is 0 Å². The molecule has 1 fully saturated rings. The summed E-state index contributed by atoms with van der Waals surface area (Å²) in [6, 6.07) is 12.9. The smallest absolute Gasteiger partial charge is 0.255 e. The van der Waals surface area contributed by atoms with E-state index in [0.29, 0.717) is 26.2 Å². The van der Waals surface area contributed by atoms with Crippen LogP contribution in [-0.2, 0) is 4.79 Å². The van der Waals surface area contributed by atoms with E-state index >= 15 is 0 Å². The van der Waals surface area contributed by atoms with Crippen LogP contribution in [0.5, 0.6) is 0 Å².